The summed E-state index contributed by atoms with van der Waals surface area (Å²) in [5.74, 6) is -0.189. The standard InChI is InChI=1S/C63H119N2O6P/c1-6-8-10-12-14-16-18-20-21-22-23-24-25-26-27-28-29-30-31-32-33-34-35-36-37-38-39-40-41-42-43-45-47-49-51-53-55-57-63(67)64-61(60-71-72(68,69)70-59-58-65(3,4)5)62(66)56-54-52-50-48-46-44-19-17-15-13-11-9-7-2/h15,17-18,20,22-23,46,48,54,56,61-62,66H,6-14,16,19,21,24-45,47,49-53,55,57-60H2,1-5H3,(H-,64,67,68,69)/p+1/b17-15+,20-18-,23-22-,48-46+,56-54+. The van der Waals surface area contributed by atoms with Crippen LogP contribution in [0.15, 0.2) is 60.8 Å². The van der Waals surface area contributed by atoms with Crippen LogP contribution in [0, 0.1) is 0 Å². The zero-order valence-corrected chi connectivity index (χ0v) is 49.1. The van der Waals surface area contributed by atoms with E-state index < -0.39 is 20.0 Å². The Morgan fingerprint density at radius 2 is 0.806 bits per heavy atom. The zero-order chi connectivity index (χ0) is 52.7. The highest BCUT2D eigenvalue weighted by atomic mass is 31.2. The van der Waals surface area contributed by atoms with Crippen molar-refractivity contribution < 1.29 is 32.9 Å². The molecule has 0 saturated carbocycles. The largest absolute Gasteiger partial charge is 0.472 e. The smallest absolute Gasteiger partial charge is 0.387 e. The van der Waals surface area contributed by atoms with Crippen LogP contribution in [0.2, 0.25) is 0 Å². The molecule has 0 heterocycles. The molecule has 0 aliphatic heterocycles. The minimum atomic E-state index is -4.35. The van der Waals surface area contributed by atoms with Crippen LogP contribution < -0.4 is 5.32 Å². The van der Waals surface area contributed by atoms with E-state index in [-0.39, 0.29) is 19.1 Å². The Morgan fingerprint density at radius 3 is 1.22 bits per heavy atom. The number of rotatable bonds is 56. The maximum Gasteiger partial charge on any atom is 0.472 e. The number of nitrogens with zero attached hydrogens (tertiary/aromatic N) is 1. The third-order valence-electron chi connectivity index (χ3n) is 13.7. The van der Waals surface area contributed by atoms with Crippen molar-refractivity contribution in [3.8, 4) is 0 Å². The van der Waals surface area contributed by atoms with Crippen molar-refractivity contribution >= 4 is 13.7 Å². The van der Waals surface area contributed by atoms with E-state index in [2.05, 4.69) is 67.8 Å². The Balaban J connectivity index is 3.93. The number of allylic oxidation sites excluding steroid dienone is 9. The highest BCUT2D eigenvalue weighted by molar-refractivity contribution is 7.47. The van der Waals surface area contributed by atoms with Crippen molar-refractivity contribution in [3.63, 3.8) is 0 Å². The molecule has 0 aliphatic rings. The predicted molar refractivity (Wildman–Crippen MR) is 314 cm³/mol. The van der Waals surface area contributed by atoms with Gasteiger partial charge in [0.05, 0.1) is 39.9 Å². The molecule has 0 saturated heterocycles. The first kappa shape index (κ1) is 70.2. The van der Waals surface area contributed by atoms with E-state index in [1.807, 2.05) is 27.2 Å². The normalized spacial score (nSPS) is 14.3. The lowest BCUT2D eigenvalue weighted by Crippen LogP contribution is -2.45. The van der Waals surface area contributed by atoms with Crippen molar-refractivity contribution in [2.24, 2.45) is 0 Å². The van der Waals surface area contributed by atoms with Gasteiger partial charge in [-0.25, -0.2) is 4.57 Å². The van der Waals surface area contributed by atoms with Gasteiger partial charge in [-0.05, 0) is 77.0 Å². The monoisotopic (exact) mass is 1030 g/mol. The summed E-state index contributed by atoms with van der Waals surface area (Å²) in [6.07, 6.45) is 73.6. The zero-order valence-electron chi connectivity index (χ0n) is 48.2. The number of nitrogens with one attached hydrogen (secondary N) is 1. The summed E-state index contributed by atoms with van der Waals surface area (Å²) >= 11 is 0. The Kier molecular flexibility index (Phi) is 52.7. The van der Waals surface area contributed by atoms with Gasteiger partial charge in [-0.3, -0.25) is 13.8 Å². The lowest BCUT2D eigenvalue weighted by atomic mass is 10.0. The maximum absolute atomic E-state index is 13.0. The van der Waals surface area contributed by atoms with Gasteiger partial charge in [0.25, 0.3) is 0 Å². The first-order valence-corrected chi connectivity index (χ1v) is 32.2. The number of amides is 1. The molecule has 3 unspecified atom stereocenters. The van der Waals surface area contributed by atoms with E-state index in [0.717, 1.165) is 57.8 Å². The minimum Gasteiger partial charge on any atom is -0.387 e. The number of unbranched alkanes of at least 4 members (excludes halogenated alkanes) is 35. The van der Waals surface area contributed by atoms with Gasteiger partial charge in [-0.15, -0.1) is 0 Å². The van der Waals surface area contributed by atoms with Gasteiger partial charge in [0, 0.05) is 6.42 Å². The molecule has 0 bridgehead atoms. The summed E-state index contributed by atoms with van der Waals surface area (Å²) in [5, 5.41) is 13.9. The summed E-state index contributed by atoms with van der Waals surface area (Å²) in [4.78, 5) is 23.2. The average Bonchev–Trinajstić information content (AvgIpc) is 3.34. The van der Waals surface area contributed by atoms with E-state index in [0.29, 0.717) is 17.4 Å². The molecule has 8 nitrogen and oxygen atoms in total. The highest BCUT2D eigenvalue weighted by Gasteiger charge is 2.27. The first-order valence-electron chi connectivity index (χ1n) is 30.7. The van der Waals surface area contributed by atoms with Crippen LogP contribution in [-0.4, -0.2) is 73.4 Å². The van der Waals surface area contributed by atoms with Crippen molar-refractivity contribution in [2.45, 2.75) is 296 Å². The van der Waals surface area contributed by atoms with E-state index in [1.165, 1.54) is 205 Å². The fourth-order valence-corrected chi connectivity index (χ4v) is 9.61. The summed E-state index contributed by atoms with van der Waals surface area (Å²) in [6.45, 7) is 4.76. The van der Waals surface area contributed by atoms with Crippen LogP contribution in [-0.2, 0) is 18.4 Å². The van der Waals surface area contributed by atoms with Crippen LogP contribution in [0.3, 0.4) is 0 Å². The molecule has 0 aromatic heterocycles. The third-order valence-corrected chi connectivity index (χ3v) is 14.7. The number of aliphatic hydroxyl groups is 1. The number of phosphoric ester groups is 1. The SMILES string of the molecule is CCCCC/C=C/CC/C=C/CC/C=C/C(O)C(COP(=O)(O)OCC[N+](C)(C)C)NC(=O)CCCCCCCCCCCCCCCCCCCCCCCCCCC/C=C\C/C=C\CCCCCCC. The van der Waals surface area contributed by atoms with E-state index in [4.69, 9.17) is 9.05 Å². The Morgan fingerprint density at radius 1 is 0.472 bits per heavy atom. The number of quaternary nitrogens is 1. The number of carbonyl (C=O) groups is 1. The van der Waals surface area contributed by atoms with Gasteiger partial charge >= 0.3 is 7.82 Å². The van der Waals surface area contributed by atoms with Gasteiger partial charge in [-0.1, -0.05) is 261 Å². The summed E-state index contributed by atoms with van der Waals surface area (Å²) < 4.78 is 23.6. The number of likely N-dealkylation sites (N-methyl/N-ethyl adjacent to an activating group) is 1. The molecule has 0 aromatic rings. The molecule has 9 heteroatoms. The van der Waals surface area contributed by atoms with Gasteiger partial charge in [-0.2, -0.15) is 0 Å². The topological polar surface area (TPSA) is 105 Å². The molecular weight excluding hydrogens is 912 g/mol. The predicted octanol–water partition coefficient (Wildman–Crippen LogP) is 18.9. The summed E-state index contributed by atoms with van der Waals surface area (Å²) in [6, 6.07) is -0.869. The highest BCUT2D eigenvalue weighted by Crippen LogP contribution is 2.43. The fraction of sp³-hybridized carbons (Fsp3) is 0.825. The Hall–Kier alpha value is -1.80. The number of carbonyl (C=O) groups excluding carboxylic acids is 1. The van der Waals surface area contributed by atoms with Gasteiger partial charge in [0.15, 0.2) is 0 Å². The lowest BCUT2D eigenvalue weighted by Gasteiger charge is -2.25. The minimum absolute atomic E-state index is 0.0535. The molecule has 72 heavy (non-hydrogen) atoms. The molecule has 0 radical (unpaired) electrons. The molecule has 0 spiro atoms. The third kappa shape index (κ3) is 55.9. The summed E-state index contributed by atoms with van der Waals surface area (Å²) in [5.41, 5.74) is 0. The average molecular weight is 1030 g/mol. The van der Waals surface area contributed by atoms with E-state index >= 15 is 0 Å². The van der Waals surface area contributed by atoms with Crippen LogP contribution in [0.4, 0.5) is 0 Å². The molecule has 0 aliphatic carbocycles. The summed E-state index contributed by atoms with van der Waals surface area (Å²) in [7, 11) is 1.55. The Bertz CT molecular complexity index is 1360. The lowest BCUT2D eigenvalue weighted by molar-refractivity contribution is -0.870. The van der Waals surface area contributed by atoms with E-state index in [9.17, 15) is 19.4 Å². The second-order valence-electron chi connectivity index (χ2n) is 22.1. The number of hydrogen-bond acceptors (Lipinski definition) is 5. The quantitative estimate of drug-likeness (QED) is 0.0243. The molecule has 3 atom stereocenters. The van der Waals surface area contributed by atoms with Crippen LogP contribution in [0.25, 0.3) is 0 Å². The molecule has 422 valence electrons. The first-order chi connectivity index (χ1) is 35.0. The number of aliphatic hydroxyl groups excluding tert-OH is 1. The van der Waals surface area contributed by atoms with Crippen molar-refractivity contribution in [1.29, 1.82) is 0 Å². The Labute approximate surface area is 447 Å². The van der Waals surface area contributed by atoms with Gasteiger partial charge in [0.2, 0.25) is 5.91 Å². The van der Waals surface area contributed by atoms with E-state index in [1.54, 1.807) is 6.08 Å². The molecule has 3 N–H and O–H groups in total. The van der Waals surface area contributed by atoms with Crippen LogP contribution in [0.5, 0.6) is 0 Å². The molecule has 0 aromatic carbocycles. The molecule has 0 rings (SSSR count). The molecular formula is C63H120N2O6P+. The van der Waals surface area contributed by atoms with Crippen molar-refractivity contribution in [1.82, 2.24) is 5.32 Å². The van der Waals surface area contributed by atoms with Crippen molar-refractivity contribution in [2.75, 3.05) is 40.9 Å². The molecule has 1 amide bonds. The van der Waals surface area contributed by atoms with Crippen LogP contribution >= 0.6 is 7.82 Å². The molecule has 0 fully saturated rings. The number of phosphoric acid groups is 1. The van der Waals surface area contributed by atoms with Crippen molar-refractivity contribution in [3.05, 3.63) is 60.8 Å². The number of hydrogen-bond donors (Lipinski definition) is 3. The maximum atomic E-state index is 13.0. The second-order valence-corrected chi connectivity index (χ2v) is 23.5. The van der Waals surface area contributed by atoms with Gasteiger partial charge in [0.1, 0.15) is 13.2 Å². The second kappa shape index (κ2) is 54.0. The fourth-order valence-electron chi connectivity index (χ4n) is 8.87. The van der Waals surface area contributed by atoms with Crippen LogP contribution in [0.1, 0.15) is 284 Å². The van der Waals surface area contributed by atoms with Gasteiger partial charge < -0.3 is 19.8 Å².